The van der Waals surface area contributed by atoms with Crippen LogP contribution in [0.15, 0.2) is 48.5 Å². The fourth-order valence-corrected chi connectivity index (χ4v) is 4.46. The largest absolute Gasteiger partial charge is 0.466 e. The lowest BCUT2D eigenvalue weighted by Crippen LogP contribution is -2.39. The second-order valence-electron chi connectivity index (χ2n) is 7.74. The van der Waals surface area contributed by atoms with Crippen LogP contribution in [0.2, 0.25) is 0 Å². The molecular weight excluding hydrogens is 366 g/mol. The van der Waals surface area contributed by atoms with E-state index >= 15 is 0 Å². The quantitative estimate of drug-likeness (QED) is 0.697. The maximum atomic E-state index is 12.6. The second kappa shape index (κ2) is 8.68. The van der Waals surface area contributed by atoms with Gasteiger partial charge in [-0.3, -0.25) is 4.79 Å². The van der Waals surface area contributed by atoms with Gasteiger partial charge in [0.2, 0.25) is 0 Å². The van der Waals surface area contributed by atoms with Gasteiger partial charge in [-0.25, -0.2) is 4.79 Å². The van der Waals surface area contributed by atoms with Crippen molar-refractivity contribution in [3.05, 3.63) is 59.7 Å². The summed E-state index contributed by atoms with van der Waals surface area (Å²) in [4.78, 5) is 26.0. The van der Waals surface area contributed by atoms with Gasteiger partial charge in [-0.05, 0) is 47.9 Å². The van der Waals surface area contributed by atoms with Crippen molar-refractivity contribution in [1.29, 1.82) is 0 Å². The molecule has 1 saturated heterocycles. The molecule has 0 radical (unpaired) electrons. The number of ether oxygens (including phenoxy) is 2. The minimum absolute atomic E-state index is 0.0766. The van der Waals surface area contributed by atoms with E-state index < -0.39 is 0 Å². The summed E-state index contributed by atoms with van der Waals surface area (Å²) in [5, 5.41) is 0. The second-order valence-corrected chi connectivity index (χ2v) is 7.74. The van der Waals surface area contributed by atoms with Crippen molar-refractivity contribution >= 4 is 12.1 Å². The minimum Gasteiger partial charge on any atom is -0.466 e. The molecule has 152 valence electrons. The van der Waals surface area contributed by atoms with Crippen LogP contribution in [0.3, 0.4) is 0 Å². The average molecular weight is 393 g/mol. The molecule has 1 aliphatic carbocycles. The zero-order valence-corrected chi connectivity index (χ0v) is 16.8. The number of rotatable bonds is 5. The van der Waals surface area contributed by atoms with Crippen LogP contribution in [0.5, 0.6) is 0 Å². The summed E-state index contributed by atoms with van der Waals surface area (Å²) in [6.07, 6.45) is 1.79. The van der Waals surface area contributed by atoms with Crippen LogP contribution in [-0.4, -0.2) is 43.3 Å². The van der Waals surface area contributed by atoms with Crippen molar-refractivity contribution < 1.29 is 19.1 Å². The summed E-state index contributed by atoms with van der Waals surface area (Å²) < 4.78 is 10.8. The molecule has 29 heavy (non-hydrogen) atoms. The normalized spacial score (nSPS) is 16.2. The standard InChI is InChI=1S/C24H27NO4/c1-2-28-23(26)15-17-11-13-25(14-12-17)24(27)29-16-22-20-9-5-3-7-18(20)19-8-4-6-10-21(19)22/h3-10,17,22H,2,11-16H2,1H3. The number of hydrogen-bond donors (Lipinski definition) is 0. The minimum atomic E-state index is -0.263. The first kappa shape index (κ1) is 19.5. The van der Waals surface area contributed by atoms with E-state index in [1.54, 1.807) is 4.90 Å². The highest BCUT2D eigenvalue weighted by Gasteiger charge is 2.31. The average Bonchev–Trinajstić information content (AvgIpc) is 3.06. The van der Waals surface area contributed by atoms with Gasteiger partial charge in [-0.2, -0.15) is 0 Å². The molecule has 2 aromatic rings. The zero-order valence-electron chi connectivity index (χ0n) is 16.8. The molecule has 0 atom stereocenters. The van der Waals surface area contributed by atoms with Gasteiger partial charge in [0.25, 0.3) is 0 Å². The van der Waals surface area contributed by atoms with E-state index in [-0.39, 0.29) is 23.9 Å². The number of carbonyl (C=O) groups is 2. The number of amides is 1. The number of nitrogens with zero attached hydrogens (tertiary/aromatic N) is 1. The predicted molar refractivity (Wildman–Crippen MR) is 111 cm³/mol. The number of piperidine rings is 1. The van der Waals surface area contributed by atoms with E-state index in [1.165, 1.54) is 22.3 Å². The number of fused-ring (bicyclic) bond motifs is 3. The third-order valence-corrected chi connectivity index (χ3v) is 5.97. The van der Waals surface area contributed by atoms with E-state index in [2.05, 4.69) is 24.3 Å². The number of benzene rings is 2. The Kier molecular flexibility index (Phi) is 5.84. The maximum Gasteiger partial charge on any atom is 0.409 e. The van der Waals surface area contributed by atoms with Crippen molar-refractivity contribution in [2.24, 2.45) is 5.92 Å². The molecule has 2 aromatic carbocycles. The molecule has 5 heteroatoms. The van der Waals surface area contributed by atoms with Crippen LogP contribution in [-0.2, 0) is 14.3 Å². The van der Waals surface area contributed by atoms with Gasteiger partial charge in [-0.1, -0.05) is 48.5 Å². The van der Waals surface area contributed by atoms with E-state index in [9.17, 15) is 9.59 Å². The van der Waals surface area contributed by atoms with Gasteiger partial charge in [0, 0.05) is 25.4 Å². The van der Waals surface area contributed by atoms with Crippen molar-refractivity contribution in [2.45, 2.75) is 32.1 Å². The molecule has 1 amide bonds. The van der Waals surface area contributed by atoms with Crippen LogP contribution in [0.1, 0.15) is 43.2 Å². The molecule has 5 nitrogen and oxygen atoms in total. The van der Waals surface area contributed by atoms with E-state index in [1.807, 2.05) is 31.2 Å². The Balaban J connectivity index is 1.33. The Morgan fingerprint density at radius 2 is 1.52 bits per heavy atom. The van der Waals surface area contributed by atoms with Crippen molar-refractivity contribution in [1.82, 2.24) is 4.90 Å². The van der Waals surface area contributed by atoms with Gasteiger partial charge in [0.05, 0.1) is 6.61 Å². The van der Waals surface area contributed by atoms with Crippen molar-refractivity contribution in [3.63, 3.8) is 0 Å². The fourth-order valence-electron chi connectivity index (χ4n) is 4.46. The van der Waals surface area contributed by atoms with Crippen molar-refractivity contribution in [2.75, 3.05) is 26.3 Å². The number of esters is 1. The molecule has 0 N–H and O–H groups in total. The fraction of sp³-hybridized carbons (Fsp3) is 0.417. The Labute approximate surface area is 171 Å². The summed E-state index contributed by atoms with van der Waals surface area (Å²) in [7, 11) is 0. The van der Waals surface area contributed by atoms with E-state index in [0.717, 1.165) is 12.8 Å². The number of carbonyl (C=O) groups excluding carboxylic acids is 2. The molecule has 4 rings (SSSR count). The van der Waals surface area contributed by atoms with Crippen LogP contribution in [0, 0.1) is 5.92 Å². The van der Waals surface area contributed by atoms with E-state index in [4.69, 9.17) is 9.47 Å². The highest BCUT2D eigenvalue weighted by Crippen LogP contribution is 2.44. The predicted octanol–water partition coefficient (Wildman–Crippen LogP) is 4.60. The maximum absolute atomic E-state index is 12.6. The van der Waals surface area contributed by atoms with Gasteiger partial charge in [-0.15, -0.1) is 0 Å². The monoisotopic (exact) mass is 393 g/mol. The topological polar surface area (TPSA) is 55.8 Å². The third kappa shape index (κ3) is 4.14. The SMILES string of the molecule is CCOC(=O)CC1CCN(C(=O)OCC2c3ccccc3-c3ccccc32)CC1. The summed E-state index contributed by atoms with van der Waals surface area (Å²) in [6, 6.07) is 16.7. The zero-order chi connectivity index (χ0) is 20.2. The lowest BCUT2D eigenvalue weighted by molar-refractivity contribution is -0.144. The first-order valence-corrected chi connectivity index (χ1v) is 10.4. The molecule has 1 aliphatic heterocycles. The van der Waals surface area contributed by atoms with Crippen molar-refractivity contribution in [3.8, 4) is 11.1 Å². The third-order valence-electron chi connectivity index (χ3n) is 5.97. The Morgan fingerprint density at radius 3 is 2.10 bits per heavy atom. The Hall–Kier alpha value is -2.82. The van der Waals surface area contributed by atoms with Crippen LogP contribution < -0.4 is 0 Å². The summed E-state index contributed by atoms with van der Waals surface area (Å²) >= 11 is 0. The van der Waals surface area contributed by atoms with Crippen LogP contribution in [0.25, 0.3) is 11.1 Å². The number of hydrogen-bond acceptors (Lipinski definition) is 4. The van der Waals surface area contributed by atoms with Gasteiger partial charge >= 0.3 is 12.1 Å². The molecule has 0 bridgehead atoms. The summed E-state index contributed by atoms with van der Waals surface area (Å²) in [5.41, 5.74) is 4.89. The first-order chi connectivity index (χ1) is 14.2. The summed E-state index contributed by atoms with van der Waals surface area (Å²) in [5.74, 6) is 0.214. The number of likely N-dealkylation sites (tertiary alicyclic amines) is 1. The molecule has 1 heterocycles. The van der Waals surface area contributed by atoms with Crippen LogP contribution in [0.4, 0.5) is 4.79 Å². The summed E-state index contributed by atoms with van der Waals surface area (Å²) in [6.45, 7) is 3.83. The molecule has 0 unspecified atom stereocenters. The smallest absolute Gasteiger partial charge is 0.409 e. The Morgan fingerprint density at radius 1 is 0.931 bits per heavy atom. The molecular formula is C24H27NO4. The van der Waals surface area contributed by atoms with Gasteiger partial charge in [0.15, 0.2) is 0 Å². The Bertz CT molecular complexity index is 840. The first-order valence-electron chi connectivity index (χ1n) is 10.4. The van der Waals surface area contributed by atoms with E-state index in [0.29, 0.717) is 32.7 Å². The lowest BCUT2D eigenvalue weighted by atomic mass is 9.94. The molecule has 0 spiro atoms. The van der Waals surface area contributed by atoms with Gasteiger partial charge in [0.1, 0.15) is 6.61 Å². The molecule has 2 aliphatic rings. The lowest BCUT2D eigenvalue weighted by Gasteiger charge is -2.31. The highest BCUT2D eigenvalue weighted by molar-refractivity contribution is 5.79. The highest BCUT2D eigenvalue weighted by atomic mass is 16.6. The van der Waals surface area contributed by atoms with Gasteiger partial charge < -0.3 is 14.4 Å². The molecule has 0 saturated carbocycles. The molecule has 1 fully saturated rings. The molecule has 0 aromatic heterocycles. The van der Waals surface area contributed by atoms with Crippen LogP contribution >= 0.6 is 0 Å².